The van der Waals surface area contributed by atoms with Crippen LogP contribution in [-0.4, -0.2) is 51.0 Å². The second kappa shape index (κ2) is 5.33. The van der Waals surface area contributed by atoms with E-state index in [1.165, 1.54) is 4.31 Å². The molecule has 0 spiro atoms. The van der Waals surface area contributed by atoms with Gasteiger partial charge in [0.2, 0.25) is 15.9 Å². The van der Waals surface area contributed by atoms with Crippen molar-refractivity contribution in [2.75, 3.05) is 25.0 Å². The van der Waals surface area contributed by atoms with Gasteiger partial charge in [-0.3, -0.25) is 4.79 Å². The second-order valence-corrected chi connectivity index (χ2v) is 7.94. The molecule has 2 aliphatic rings. The van der Waals surface area contributed by atoms with Crippen LogP contribution in [0.15, 0.2) is 23.1 Å². The normalized spacial score (nSPS) is 26.3. The number of morpholine rings is 1. The third-order valence-electron chi connectivity index (χ3n) is 4.15. The maximum Gasteiger partial charge on any atom is 0.243 e. The average Bonchev–Trinajstić information content (AvgIpc) is 2.72. The zero-order valence-corrected chi connectivity index (χ0v) is 13.8. The number of amides is 1. The maximum absolute atomic E-state index is 12.8. The van der Waals surface area contributed by atoms with Crippen LogP contribution >= 0.6 is 0 Å². The number of carbonyl (C=O) groups excluding carboxylic acids is 1. The molecule has 3 rings (SSSR count). The van der Waals surface area contributed by atoms with Crippen molar-refractivity contribution in [2.24, 2.45) is 0 Å². The Hall–Kier alpha value is -1.44. The summed E-state index contributed by atoms with van der Waals surface area (Å²) >= 11 is 0. The van der Waals surface area contributed by atoms with Crippen molar-refractivity contribution < 1.29 is 17.9 Å². The number of nitrogens with zero attached hydrogens (tertiary/aromatic N) is 2. The molecular formula is C15H20N2O4S. The first-order valence-corrected chi connectivity index (χ1v) is 8.78. The van der Waals surface area contributed by atoms with Gasteiger partial charge in [-0.05, 0) is 37.6 Å². The Balaban J connectivity index is 1.94. The second-order valence-electron chi connectivity index (χ2n) is 6.00. The fourth-order valence-electron chi connectivity index (χ4n) is 3.08. The van der Waals surface area contributed by atoms with Gasteiger partial charge < -0.3 is 9.64 Å². The van der Waals surface area contributed by atoms with E-state index in [0.29, 0.717) is 13.1 Å². The van der Waals surface area contributed by atoms with Gasteiger partial charge in [-0.2, -0.15) is 4.31 Å². The van der Waals surface area contributed by atoms with Crippen LogP contribution in [0.25, 0.3) is 0 Å². The Kier molecular flexibility index (Phi) is 3.74. The van der Waals surface area contributed by atoms with Crippen LogP contribution in [0.3, 0.4) is 0 Å². The van der Waals surface area contributed by atoms with Crippen LogP contribution in [-0.2, 0) is 26.0 Å². The van der Waals surface area contributed by atoms with Crippen molar-refractivity contribution in [3.8, 4) is 0 Å². The fourth-order valence-corrected chi connectivity index (χ4v) is 4.72. The van der Waals surface area contributed by atoms with Crippen molar-refractivity contribution >= 4 is 21.6 Å². The Bertz CT molecular complexity index is 706. The van der Waals surface area contributed by atoms with Crippen LogP contribution in [0, 0.1) is 0 Å². The Morgan fingerprint density at radius 3 is 2.45 bits per heavy atom. The molecule has 120 valence electrons. The largest absolute Gasteiger partial charge is 0.373 e. The fraction of sp³-hybridized carbons (Fsp3) is 0.533. The third-order valence-corrected chi connectivity index (χ3v) is 5.98. The van der Waals surface area contributed by atoms with Gasteiger partial charge in [0.1, 0.15) is 0 Å². The highest BCUT2D eigenvalue weighted by atomic mass is 32.2. The van der Waals surface area contributed by atoms with Gasteiger partial charge in [0.05, 0.1) is 23.5 Å². The number of carbonyl (C=O) groups is 1. The summed E-state index contributed by atoms with van der Waals surface area (Å²) in [4.78, 5) is 13.5. The summed E-state index contributed by atoms with van der Waals surface area (Å²) in [5, 5.41) is 0. The van der Waals surface area contributed by atoms with Crippen LogP contribution < -0.4 is 4.90 Å². The smallest absolute Gasteiger partial charge is 0.243 e. The van der Waals surface area contributed by atoms with Gasteiger partial charge in [-0.15, -0.1) is 0 Å². The molecule has 0 aliphatic carbocycles. The van der Waals surface area contributed by atoms with E-state index in [0.717, 1.165) is 11.3 Å². The molecule has 1 aromatic rings. The first kappa shape index (κ1) is 15.5. The maximum atomic E-state index is 12.8. The molecule has 7 heteroatoms. The summed E-state index contributed by atoms with van der Waals surface area (Å²) in [6.07, 6.45) is 0.00630. The quantitative estimate of drug-likeness (QED) is 0.814. The molecule has 2 heterocycles. The van der Waals surface area contributed by atoms with Gasteiger partial charge in [0.15, 0.2) is 0 Å². The topological polar surface area (TPSA) is 66.9 Å². The molecule has 0 radical (unpaired) electrons. The van der Waals surface area contributed by atoms with Gasteiger partial charge in [-0.25, -0.2) is 8.42 Å². The molecule has 0 saturated carbocycles. The molecule has 2 unspecified atom stereocenters. The molecule has 0 N–H and O–H groups in total. The lowest BCUT2D eigenvalue weighted by atomic mass is 10.2. The highest BCUT2D eigenvalue weighted by Gasteiger charge is 2.33. The SMILES string of the molecule is CC1CN(S(=O)(=O)c2ccc3c(c2)CC(=O)N3C)CC(C)O1. The lowest BCUT2D eigenvalue weighted by molar-refractivity contribution is -0.117. The Morgan fingerprint density at radius 2 is 1.82 bits per heavy atom. The minimum absolute atomic E-state index is 0.0156. The van der Waals surface area contributed by atoms with E-state index in [2.05, 4.69) is 0 Å². The lowest BCUT2D eigenvalue weighted by Crippen LogP contribution is -2.48. The number of hydrogen-bond donors (Lipinski definition) is 0. The van der Waals surface area contributed by atoms with Gasteiger partial charge >= 0.3 is 0 Å². The number of likely N-dealkylation sites (N-methyl/N-ethyl adjacent to an activating group) is 1. The van der Waals surface area contributed by atoms with Crippen LogP contribution in [0.4, 0.5) is 5.69 Å². The number of anilines is 1. The number of fused-ring (bicyclic) bond motifs is 1. The molecular weight excluding hydrogens is 304 g/mol. The van der Waals surface area contributed by atoms with Crippen LogP contribution in [0.2, 0.25) is 0 Å². The minimum atomic E-state index is -3.56. The third kappa shape index (κ3) is 2.53. The summed E-state index contributed by atoms with van der Waals surface area (Å²) in [6, 6.07) is 4.91. The molecule has 1 saturated heterocycles. The molecule has 1 amide bonds. The predicted molar refractivity (Wildman–Crippen MR) is 82.3 cm³/mol. The standard InChI is InChI=1S/C15H20N2O4S/c1-10-8-17(9-11(2)21-10)22(19,20)13-4-5-14-12(6-13)7-15(18)16(14)3/h4-6,10-11H,7-9H2,1-3H3. The summed E-state index contributed by atoms with van der Waals surface area (Å²) in [7, 11) is -1.86. The highest BCUT2D eigenvalue weighted by Crippen LogP contribution is 2.31. The first-order valence-electron chi connectivity index (χ1n) is 7.34. The van der Waals surface area contributed by atoms with E-state index in [4.69, 9.17) is 4.74 Å². The molecule has 0 aromatic heterocycles. The molecule has 2 atom stereocenters. The lowest BCUT2D eigenvalue weighted by Gasteiger charge is -2.34. The van der Waals surface area contributed by atoms with Crippen molar-refractivity contribution in [2.45, 2.75) is 37.4 Å². The van der Waals surface area contributed by atoms with Crippen molar-refractivity contribution in [3.63, 3.8) is 0 Å². The number of ether oxygens (including phenoxy) is 1. The van der Waals surface area contributed by atoms with Crippen LogP contribution in [0.1, 0.15) is 19.4 Å². The molecule has 22 heavy (non-hydrogen) atoms. The molecule has 1 fully saturated rings. The zero-order chi connectivity index (χ0) is 16.1. The molecule has 6 nitrogen and oxygen atoms in total. The van der Waals surface area contributed by atoms with E-state index in [1.807, 2.05) is 13.8 Å². The number of sulfonamides is 1. The summed E-state index contributed by atoms with van der Waals surface area (Å²) in [5.41, 5.74) is 1.55. The van der Waals surface area contributed by atoms with Gasteiger partial charge in [0.25, 0.3) is 0 Å². The van der Waals surface area contributed by atoms with E-state index in [1.54, 1.807) is 30.1 Å². The Labute approximate surface area is 130 Å². The summed E-state index contributed by atoms with van der Waals surface area (Å²) < 4.78 is 32.7. The van der Waals surface area contributed by atoms with E-state index in [-0.39, 0.29) is 29.4 Å². The summed E-state index contributed by atoms with van der Waals surface area (Å²) in [6.45, 7) is 4.44. The molecule has 1 aromatic carbocycles. The first-order chi connectivity index (χ1) is 10.3. The van der Waals surface area contributed by atoms with Gasteiger partial charge in [0, 0.05) is 25.8 Å². The molecule has 2 aliphatic heterocycles. The van der Waals surface area contributed by atoms with E-state index in [9.17, 15) is 13.2 Å². The summed E-state index contributed by atoms with van der Waals surface area (Å²) in [5.74, 6) is -0.0156. The van der Waals surface area contributed by atoms with Crippen molar-refractivity contribution in [1.82, 2.24) is 4.31 Å². The van der Waals surface area contributed by atoms with E-state index >= 15 is 0 Å². The predicted octanol–water partition coefficient (Wildman–Crippen LogP) is 1.00. The Morgan fingerprint density at radius 1 is 1.18 bits per heavy atom. The van der Waals surface area contributed by atoms with Crippen molar-refractivity contribution in [3.05, 3.63) is 23.8 Å². The zero-order valence-electron chi connectivity index (χ0n) is 12.9. The minimum Gasteiger partial charge on any atom is -0.373 e. The monoisotopic (exact) mass is 324 g/mol. The molecule has 0 bridgehead atoms. The van der Waals surface area contributed by atoms with Crippen molar-refractivity contribution in [1.29, 1.82) is 0 Å². The number of rotatable bonds is 2. The highest BCUT2D eigenvalue weighted by molar-refractivity contribution is 7.89. The van der Waals surface area contributed by atoms with Gasteiger partial charge in [-0.1, -0.05) is 0 Å². The average molecular weight is 324 g/mol. The van der Waals surface area contributed by atoms with E-state index < -0.39 is 10.0 Å². The number of hydrogen-bond acceptors (Lipinski definition) is 4. The number of benzene rings is 1. The van der Waals surface area contributed by atoms with Crippen LogP contribution in [0.5, 0.6) is 0 Å².